The van der Waals surface area contributed by atoms with Crippen molar-refractivity contribution in [3.8, 4) is 5.75 Å². The van der Waals surface area contributed by atoms with Crippen LogP contribution in [-0.2, 0) is 9.59 Å². The number of aromatic hydroxyl groups is 1. The van der Waals surface area contributed by atoms with E-state index in [2.05, 4.69) is 0 Å². The third-order valence-corrected chi connectivity index (χ3v) is 6.03. The average Bonchev–Trinajstić information content (AvgIpc) is 3.06. The Morgan fingerprint density at radius 2 is 1.85 bits per heavy atom. The van der Waals surface area contributed by atoms with Gasteiger partial charge in [-0.15, -0.1) is 0 Å². The average molecular weight is 471 g/mol. The number of nitro benzene ring substituents is 1. The number of nitro groups is 1. The molecule has 1 amide bonds. The molecule has 1 saturated heterocycles. The van der Waals surface area contributed by atoms with Crippen molar-refractivity contribution < 1.29 is 29.1 Å². The second-order valence-corrected chi connectivity index (χ2v) is 7.99. The molecule has 34 heavy (non-hydrogen) atoms. The van der Waals surface area contributed by atoms with E-state index < -0.39 is 45.7 Å². The topological polar surface area (TPSA) is 124 Å². The number of aliphatic hydroxyl groups is 1. The highest BCUT2D eigenvalue weighted by molar-refractivity contribution is 6.46. The lowest BCUT2D eigenvalue weighted by Crippen LogP contribution is -2.38. The molecule has 1 aliphatic rings. The van der Waals surface area contributed by atoms with Gasteiger partial charge < -0.3 is 20.0 Å². The van der Waals surface area contributed by atoms with Crippen molar-refractivity contribution in [3.05, 3.63) is 74.6 Å². The van der Waals surface area contributed by atoms with Gasteiger partial charge in [-0.05, 0) is 55.4 Å². The molecule has 0 spiro atoms. The highest BCUT2D eigenvalue weighted by Crippen LogP contribution is 2.41. The summed E-state index contributed by atoms with van der Waals surface area (Å²) in [6.45, 7) is 7.40. The Balaban J connectivity index is 2.19. The molecular weight excluding hydrogens is 445 g/mol. The monoisotopic (exact) mass is 471 g/mol. The number of aryl methyl sites for hydroxylation is 1. The van der Waals surface area contributed by atoms with E-state index in [-0.39, 0.29) is 28.8 Å². The molecule has 0 saturated carbocycles. The quantitative estimate of drug-likeness (QED) is 0.198. The van der Waals surface area contributed by atoms with Crippen molar-refractivity contribution in [2.75, 3.05) is 26.2 Å². The fourth-order valence-electron chi connectivity index (χ4n) is 4.05. The van der Waals surface area contributed by atoms with E-state index in [9.17, 15) is 34.3 Å². The van der Waals surface area contributed by atoms with E-state index in [4.69, 9.17) is 0 Å². The van der Waals surface area contributed by atoms with Crippen LogP contribution in [0.4, 0.5) is 10.1 Å². The van der Waals surface area contributed by atoms with Crippen LogP contribution in [0.2, 0.25) is 0 Å². The first-order valence-electron chi connectivity index (χ1n) is 10.8. The van der Waals surface area contributed by atoms with Crippen molar-refractivity contribution >= 4 is 23.1 Å². The number of rotatable bonds is 8. The van der Waals surface area contributed by atoms with Crippen LogP contribution < -0.4 is 0 Å². The van der Waals surface area contributed by atoms with Gasteiger partial charge in [0.25, 0.3) is 11.7 Å². The Morgan fingerprint density at radius 3 is 2.44 bits per heavy atom. The van der Waals surface area contributed by atoms with Gasteiger partial charge in [-0.2, -0.15) is 0 Å². The highest BCUT2D eigenvalue weighted by Gasteiger charge is 2.46. The number of benzene rings is 2. The molecule has 0 aromatic heterocycles. The smallest absolute Gasteiger partial charge is 0.311 e. The van der Waals surface area contributed by atoms with Gasteiger partial charge in [0, 0.05) is 24.7 Å². The van der Waals surface area contributed by atoms with Crippen LogP contribution in [-0.4, -0.2) is 62.8 Å². The Labute approximate surface area is 195 Å². The van der Waals surface area contributed by atoms with E-state index in [1.54, 1.807) is 0 Å². The van der Waals surface area contributed by atoms with Crippen molar-refractivity contribution in [2.24, 2.45) is 0 Å². The number of phenols is 1. The van der Waals surface area contributed by atoms with Crippen molar-refractivity contribution in [1.29, 1.82) is 0 Å². The van der Waals surface area contributed by atoms with Crippen molar-refractivity contribution in [1.82, 2.24) is 9.80 Å². The normalized spacial score (nSPS) is 17.6. The van der Waals surface area contributed by atoms with Crippen LogP contribution in [0, 0.1) is 22.9 Å². The van der Waals surface area contributed by atoms with E-state index in [1.165, 1.54) is 30.0 Å². The van der Waals surface area contributed by atoms with Crippen LogP contribution in [0.5, 0.6) is 5.75 Å². The first-order valence-corrected chi connectivity index (χ1v) is 10.8. The molecule has 2 aromatic carbocycles. The number of aliphatic hydroxyl groups excluding tert-OH is 1. The molecule has 0 radical (unpaired) electrons. The van der Waals surface area contributed by atoms with Gasteiger partial charge in [0.2, 0.25) is 0 Å². The van der Waals surface area contributed by atoms with E-state index in [0.717, 1.165) is 18.2 Å². The van der Waals surface area contributed by atoms with Gasteiger partial charge in [-0.1, -0.05) is 19.9 Å². The molecule has 1 unspecified atom stereocenters. The number of likely N-dealkylation sites (tertiary alicyclic amines) is 1. The Hall–Kier alpha value is -3.79. The van der Waals surface area contributed by atoms with Crippen LogP contribution in [0.3, 0.4) is 0 Å². The second-order valence-electron chi connectivity index (χ2n) is 7.99. The van der Waals surface area contributed by atoms with Gasteiger partial charge in [0.1, 0.15) is 11.6 Å². The van der Waals surface area contributed by atoms with Crippen LogP contribution in [0.25, 0.3) is 5.76 Å². The third kappa shape index (κ3) is 4.62. The van der Waals surface area contributed by atoms with E-state index in [1.807, 2.05) is 18.7 Å². The second kappa shape index (κ2) is 10.0. The van der Waals surface area contributed by atoms with E-state index >= 15 is 0 Å². The predicted molar refractivity (Wildman–Crippen MR) is 123 cm³/mol. The molecule has 0 bridgehead atoms. The number of halogens is 1. The SMILES string of the molecule is CCN(CC)CCN1C(=O)C(=O)/C(=C(\O)c2ccc(F)c(C)c2)C1c1ccc(O)c([N+](=O)[O-])c1. The van der Waals surface area contributed by atoms with Gasteiger partial charge in [0.05, 0.1) is 16.5 Å². The Kier molecular flexibility index (Phi) is 7.31. The standard InChI is InChI=1S/C24H26FN3O6/c1-4-26(5-2)10-11-27-21(15-7-9-19(29)18(13-15)28(33)34)20(23(31)24(27)32)22(30)16-6-8-17(25)14(3)12-16/h6-9,12-13,21,29-30H,4-5,10-11H2,1-3H3/b22-20-. The fraction of sp³-hybridized carbons (Fsp3) is 0.333. The Bertz CT molecular complexity index is 1180. The number of likely N-dealkylation sites (N-methyl/N-ethyl adjacent to an activating group) is 1. The number of Topliss-reactive ketones (excluding diaryl/α,β-unsaturated/α-hetero) is 1. The number of hydrogen-bond acceptors (Lipinski definition) is 7. The zero-order valence-corrected chi connectivity index (χ0v) is 19.1. The largest absolute Gasteiger partial charge is 0.507 e. The lowest BCUT2D eigenvalue weighted by molar-refractivity contribution is -0.385. The zero-order chi connectivity index (χ0) is 25.2. The minimum Gasteiger partial charge on any atom is -0.507 e. The fourth-order valence-corrected chi connectivity index (χ4v) is 4.05. The summed E-state index contributed by atoms with van der Waals surface area (Å²) >= 11 is 0. The first-order chi connectivity index (χ1) is 16.1. The molecule has 2 aromatic rings. The summed E-state index contributed by atoms with van der Waals surface area (Å²) in [5.74, 6) is -3.37. The predicted octanol–water partition coefficient (Wildman–Crippen LogP) is 3.51. The van der Waals surface area contributed by atoms with Gasteiger partial charge in [-0.3, -0.25) is 19.7 Å². The molecule has 10 heteroatoms. The van der Waals surface area contributed by atoms with Crippen LogP contribution in [0.1, 0.15) is 36.6 Å². The maximum atomic E-state index is 13.8. The number of ketones is 1. The molecule has 2 N–H and O–H groups in total. The maximum Gasteiger partial charge on any atom is 0.311 e. The summed E-state index contributed by atoms with van der Waals surface area (Å²) in [5, 5.41) is 32.3. The zero-order valence-electron chi connectivity index (χ0n) is 19.1. The molecule has 3 rings (SSSR count). The molecule has 1 aliphatic heterocycles. The summed E-state index contributed by atoms with van der Waals surface area (Å²) in [6.07, 6.45) is 0. The number of carbonyl (C=O) groups excluding carboxylic acids is 2. The third-order valence-electron chi connectivity index (χ3n) is 6.03. The summed E-state index contributed by atoms with van der Waals surface area (Å²) in [7, 11) is 0. The molecule has 9 nitrogen and oxygen atoms in total. The summed E-state index contributed by atoms with van der Waals surface area (Å²) < 4.78 is 13.8. The molecule has 180 valence electrons. The van der Waals surface area contributed by atoms with Crippen molar-refractivity contribution in [2.45, 2.75) is 26.8 Å². The Morgan fingerprint density at radius 1 is 1.18 bits per heavy atom. The minimum atomic E-state index is -1.12. The number of phenolic OH excluding ortho intramolecular Hbond substituents is 1. The summed E-state index contributed by atoms with van der Waals surface area (Å²) in [4.78, 5) is 40.0. The lowest BCUT2D eigenvalue weighted by Gasteiger charge is -2.28. The minimum absolute atomic E-state index is 0.130. The molecular formula is C24H26FN3O6. The number of amides is 1. The summed E-state index contributed by atoms with van der Waals surface area (Å²) in [5.41, 5.74) is -0.292. The molecule has 1 fully saturated rings. The number of hydrogen-bond donors (Lipinski definition) is 2. The van der Waals surface area contributed by atoms with Crippen LogP contribution >= 0.6 is 0 Å². The number of carbonyl (C=O) groups is 2. The molecule has 1 atom stereocenters. The number of nitrogens with zero attached hydrogens (tertiary/aromatic N) is 3. The maximum absolute atomic E-state index is 13.8. The van der Waals surface area contributed by atoms with Gasteiger partial charge >= 0.3 is 5.69 Å². The highest BCUT2D eigenvalue weighted by atomic mass is 19.1. The van der Waals surface area contributed by atoms with Crippen LogP contribution in [0.15, 0.2) is 42.0 Å². The molecule has 1 heterocycles. The summed E-state index contributed by atoms with van der Waals surface area (Å²) in [6, 6.07) is 6.22. The van der Waals surface area contributed by atoms with Gasteiger partial charge in [-0.25, -0.2) is 4.39 Å². The lowest BCUT2D eigenvalue weighted by atomic mass is 9.94. The first kappa shape index (κ1) is 24.8. The molecule has 0 aliphatic carbocycles. The van der Waals surface area contributed by atoms with Gasteiger partial charge in [0.15, 0.2) is 5.75 Å². The van der Waals surface area contributed by atoms with E-state index in [0.29, 0.717) is 19.6 Å². The van der Waals surface area contributed by atoms with Crippen molar-refractivity contribution in [3.63, 3.8) is 0 Å².